The number of aliphatic imine (C=N–C) groups is 1. The number of amides is 1. The molecule has 0 radical (unpaired) electrons. The summed E-state index contributed by atoms with van der Waals surface area (Å²) in [6, 6.07) is 16.1. The second-order valence-electron chi connectivity index (χ2n) is 8.75. The van der Waals surface area contributed by atoms with Crippen LogP contribution in [0.4, 0.5) is 11.4 Å². The van der Waals surface area contributed by atoms with Gasteiger partial charge in [-0.25, -0.2) is 4.99 Å². The zero-order valence-corrected chi connectivity index (χ0v) is 23.5. The van der Waals surface area contributed by atoms with E-state index in [2.05, 4.69) is 43.6 Å². The molecule has 36 heavy (non-hydrogen) atoms. The predicted molar refractivity (Wildman–Crippen MR) is 153 cm³/mol. The summed E-state index contributed by atoms with van der Waals surface area (Å²) in [5.74, 6) is -0.0554. The van der Waals surface area contributed by atoms with Crippen LogP contribution in [0.25, 0.3) is 11.8 Å². The van der Waals surface area contributed by atoms with Crippen LogP contribution in [0.3, 0.4) is 0 Å². The Labute approximate surface area is 228 Å². The molecule has 0 atom stereocenters. The number of aromatic nitrogens is 1. The maximum Gasteiger partial charge on any atom is 0.266 e. The zero-order chi connectivity index (χ0) is 25.4. The quantitative estimate of drug-likeness (QED) is 0.325. The van der Waals surface area contributed by atoms with E-state index in [0.29, 0.717) is 15.1 Å². The second kappa shape index (κ2) is 10.5. The molecule has 2 saturated heterocycles. The summed E-state index contributed by atoms with van der Waals surface area (Å²) in [5, 5.41) is 1.32. The van der Waals surface area contributed by atoms with E-state index < -0.39 is 0 Å². The van der Waals surface area contributed by atoms with Gasteiger partial charge in [0.1, 0.15) is 0 Å². The number of amidine groups is 1. The highest BCUT2D eigenvalue weighted by atomic mass is 79.9. The number of rotatable bonds is 4. The molecule has 0 N–H and O–H groups in total. The van der Waals surface area contributed by atoms with E-state index >= 15 is 0 Å². The van der Waals surface area contributed by atoms with Crippen LogP contribution >= 0.6 is 39.3 Å². The minimum absolute atomic E-state index is 0.0554. The molecule has 1 aromatic heterocycles. The van der Waals surface area contributed by atoms with Gasteiger partial charge in [0.25, 0.3) is 5.91 Å². The number of aryl methyl sites for hydroxylation is 1. The number of ether oxygens (including phenoxy) is 1. The Hall–Kier alpha value is -2.52. The van der Waals surface area contributed by atoms with Crippen molar-refractivity contribution in [2.45, 2.75) is 13.8 Å². The molecule has 3 aromatic rings. The average Bonchev–Trinajstić information content (AvgIpc) is 3.31. The molecule has 0 saturated carbocycles. The number of morpholine rings is 1. The molecule has 186 valence electrons. The van der Waals surface area contributed by atoms with Crippen molar-refractivity contribution < 1.29 is 9.53 Å². The van der Waals surface area contributed by atoms with E-state index in [0.717, 1.165) is 64.8 Å². The van der Waals surface area contributed by atoms with Crippen molar-refractivity contribution in [1.29, 1.82) is 0 Å². The number of nitrogens with zero attached hydrogens (tertiary/aromatic N) is 4. The fourth-order valence-corrected chi connectivity index (χ4v) is 5.82. The molecular weight excluding hydrogens is 560 g/mol. The van der Waals surface area contributed by atoms with Crippen LogP contribution < -0.4 is 4.90 Å². The molecule has 2 aliphatic heterocycles. The fourth-order valence-electron chi connectivity index (χ4n) is 4.42. The van der Waals surface area contributed by atoms with Crippen molar-refractivity contribution in [3.8, 4) is 5.69 Å². The third-order valence-electron chi connectivity index (χ3n) is 6.37. The molecule has 0 unspecified atom stereocenters. The number of halogens is 2. The van der Waals surface area contributed by atoms with Gasteiger partial charge in [-0.05, 0) is 102 Å². The normalized spacial score (nSPS) is 18.6. The van der Waals surface area contributed by atoms with Gasteiger partial charge in [0.2, 0.25) is 0 Å². The third kappa shape index (κ3) is 5.00. The summed E-state index contributed by atoms with van der Waals surface area (Å²) in [4.78, 5) is 22.4. The van der Waals surface area contributed by atoms with Crippen molar-refractivity contribution >= 4 is 67.8 Å². The first kappa shape index (κ1) is 25.1. The first-order chi connectivity index (χ1) is 17.3. The molecule has 2 aliphatic rings. The number of hydrogen-bond donors (Lipinski definition) is 0. The number of anilines is 1. The second-order valence-corrected chi connectivity index (χ2v) is 11.0. The summed E-state index contributed by atoms with van der Waals surface area (Å²) >= 11 is 11.2. The van der Waals surface area contributed by atoms with Crippen LogP contribution in [0.15, 0.2) is 62.9 Å². The van der Waals surface area contributed by atoms with Crippen LogP contribution in [0.5, 0.6) is 0 Å². The third-order valence-corrected chi connectivity index (χ3v) is 8.67. The molecule has 6 nitrogen and oxygen atoms in total. The Balaban J connectivity index is 1.39. The summed E-state index contributed by atoms with van der Waals surface area (Å²) in [5.41, 5.74) is 6.06. The first-order valence-electron chi connectivity index (χ1n) is 11.7. The summed E-state index contributed by atoms with van der Waals surface area (Å²) < 4.78 is 8.44. The van der Waals surface area contributed by atoms with E-state index in [1.807, 2.05) is 50.3 Å². The Morgan fingerprint density at radius 1 is 1.06 bits per heavy atom. The molecule has 0 bridgehead atoms. The van der Waals surface area contributed by atoms with Gasteiger partial charge < -0.3 is 14.2 Å². The van der Waals surface area contributed by atoms with Crippen LogP contribution in [0, 0.1) is 13.8 Å². The average molecular weight is 586 g/mol. The lowest BCUT2D eigenvalue weighted by molar-refractivity contribution is -0.121. The Morgan fingerprint density at radius 2 is 1.75 bits per heavy atom. The van der Waals surface area contributed by atoms with Crippen molar-refractivity contribution in [3.63, 3.8) is 0 Å². The lowest BCUT2D eigenvalue weighted by Gasteiger charge is -2.28. The van der Waals surface area contributed by atoms with Crippen LogP contribution in [-0.4, -0.2) is 53.9 Å². The molecule has 3 heterocycles. The zero-order valence-electron chi connectivity index (χ0n) is 20.3. The SMILES string of the molecule is Cc1cc(/C=C2\SC(=Nc3ccc(N4CCOCC4)cc3)N(C)C2=O)c(C)n1-c1ccc(Br)c(Cl)c1. The van der Waals surface area contributed by atoms with E-state index in [1.54, 1.807) is 11.9 Å². The molecule has 2 fully saturated rings. The number of likely N-dealkylation sites (N-methyl/N-ethyl adjacent to an activating group) is 1. The Morgan fingerprint density at radius 3 is 2.44 bits per heavy atom. The Kier molecular flexibility index (Phi) is 7.30. The summed E-state index contributed by atoms with van der Waals surface area (Å²) in [6.45, 7) is 7.39. The maximum absolute atomic E-state index is 13.0. The summed E-state index contributed by atoms with van der Waals surface area (Å²) in [6.07, 6.45) is 1.95. The number of benzene rings is 2. The summed E-state index contributed by atoms with van der Waals surface area (Å²) in [7, 11) is 1.77. The van der Waals surface area contributed by atoms with Crippen LogP contribution in [0.2, 0.25) is 5.02 Å². The van der Waals surface area contributed by atoms with E-state index in [9.17, 15) is 4.79 Å². The lowest BCUT2D eigenvalue weighted by atomic mass is 10.2. The minimum Gasteiger partial charge on any atom is -0.378 e. The van der Waals surface area contributed by atoms with Gasteiger partial charge in [0.05, 0.1) is 28.8 Å². The molecular formula is C27H26BrClN4O2S. The Bertz CT molecular complexity index is 1380. The lowest BCUT2D eigenvalue weighted by Crippen LogP contribution is -2.36. The molecule has 1 amide bonds. The van der Waals surface area contributed by atoms with Gasteiger partial charge in [-0.1, -0.05) is 11.6 Å². The monoisotopic (exact) mass is 584 g/mol. The number of carbonyl (C=O) groups excluding carboxylic acids is 1. The molecule has 5 rings (SSSR count). The number of hydrogen-bond acceptors (Lipinski definition) is 5. The van der Waals surface area contributed by atoms with Gasteiger partial charge >= 0.3 is 0 Å². The van der Waals surface area contributed by atoms with E-state index in [1.165, 1.54) is 11.8 Å². The molecule has 2 aromatic carbocycles. The fraction of sp³-hybridized carbons (Fsp3) is 0.259. The highest BCUT2D eigenvalue weighted by molar-refractivity contribution is 9.10. The maximum atomic E-state index is 13.0. The van der Waals surface area contributed by atoms with Crippen molar-refractivity contribution in [2.24, 2.45) is 4.99 Å². The van der Waals surface area contributed by atoms with Crippen molar-refractivity contribution in [2.75, 3.05) is 38.3 Å². The minimum atomic E-state index is -0.0554. The van der Waals surface area contributed by atoms with Gasteiger partial charge in [-0.15, -0.1) is 0 Å². The van der Waals surface area contributed by atoms with E-state index in [4.69, 9.17) is 21.3 Å². The van der Waals surface area contributed by atoms with Gasteiger partial charge in [-0.3, -0.25) is 9.69 Å². The molecule has 0 aliphatic carbocycles. The number of thioether (sulfide) groups is 1. The highest BCUT2D eigenvalue weighted by Gasteiger charge is 2.31. The van der Waals surface area contributed by atoms with Crippen molar-refractivity contribution in [3.05, 3.63) is 79.9 Å². The van der Waals surface area contributed by atoms with Crippen LogP contribution in [0.1, 0.15) is 17.0 Å². The standard InChI is InChI=1S/C27H26BrClN4O2S/c1-17-14-19(18(2)33(17)22-8-9-23(28)24(29)16-22)15-25-26(34)31(3)27(36-25)30-20-4-6-21(7-5-20)32-10-12-35-13-11-32/h4-9,14-16H,10-13H2,1-3H3/b25-15-,30-27?. The largest absolute Gasteiger partial charge is 0.378 e. The predicted octanol–water partition coefficient (Wildman–Crippen LogP) is 6.58. The van der Waals surface area contributed by atoms with Gasteiger partial charge in [-0.2, -0.15) is 0 Å². The van der Waals surface area contributed by atoms with Gasteiger partial charge in [0.15, 0.2) is 5.17 Å². The smallest absolute Gasteiger partial charge is 0.266 e. The number of carbonyl (C=O) groups is 1. The van der Waals surface area contributed by atoms with Crippen molar-refractivity contribution in [1.82, 2.24) is 9.47 Å². The van der Waals surface area contributed by atoms with E-state index in [-0.39, 0.29) is 5.91 Å². The highest BCUT2D eigenvalue weighted by Crippen LogP contribution is 2.35. The van der Waals surface area contributed by atoms with Crippen LogP contribution in [-0.2, 0) is 9.53 Å². The first-order valence-corrected chi connectivity index (χ1v) is 13.6. The molecule has 0 spiro atoms. The molecule has 9 heteroatoms. The van der Waals surface area contributed by atoms with Gasteiger partial charge in [0, 0.05) is 47.4 Å². The topological polar surface area (TPSA) is 50.1 Å².